The summed E-state index contributed by atoms with van der Waals surface area (Å²) in [6, 6.07) is 7.75. The molecule has 3 nitrogen and oxygen atoms in total. The molecule has 1 heterocycles. The van der Waals surface area contributed by atoms with Crippen LogP contribution in [0.1, 0.15) is 0 Å². The van der Waals surface area contributed by atoms with E-state index in [1.54, 1.807) is 0 Å². The van der Waals surface area contributed by atoms with Gasteiger partial charge in [-0.3, -0.25) is 0 Å². The quantitative estimate of drug-likeness (QED) is 0.492. The molecule has 1 aliphatic heterocycles. The minimum absolute atomic E-state index is 0.0647. The molecule has 0 radical (unpaired) electrons. The fourth-order valence-electron chi connectivity index (χ4n) is 1.26. The zero-order valence-corrected chi connectivity index (χ0v) is 7.31. The number of rotatable bonds is 1. The summed E-state index contributed by atoms with van der Waals surface area (Å²) in [5.41, 5.74) is 1.95. The topological polar surface area (TPSA) is 44.3 Å². The van der Waals surface area contributed by atoms with Gasteiger partial charge in [0.25, 0.3) is 0 Å². The number of benzene rings is 1. The number of aliphatic hydroxyl groups is 1. The van der Waals surface area contributed by atoms with Gasteiger partial charge in [-0.15, -0.1) is 12.6 Å². The van der Waals surface area contributed by atoms with Gasteiger partial charge in [0.05, 0.1) is 18.0 Å². The monoisotopic (exact) mass is 182 g/mol. The molecule has 1 aromatic rings. The average molecular weight is 182 g/mol. The van der Waals surface area contributed by atoms with Gasteiger partial charge >= 0.3 is 0 Å². The number of hydrogen-bond donors (Lipinski definition) is 4. The molecule has 0 aliphatic carbocycles. The standard InChI is InChI=1S/C8H10N2OS/c11-5-8(12)9-6-3-1-2-4-7(6)10-8/h1-4,9-12H,5H2. The van der Waals surface area contributed by atoms with Crippen LogP contribution in [0.3, 0.4) is 0 Å². The molecule has 0 unspecified atom stereocenters. The first-order valence-corrected chi connectivity index (χ1v) is 4.17. The van der Waals surface area contributed by atoms with Crippen LogP contribution in [0.5, 0.6) is 0 Å². The number of hydrogen-bond acceptors (Lipinski definition) is 4. The van der Waals surface area contributed by atoms with Crippen molar-refractivity contribution in [3.05, 3.63) is 24.3 Å². The first kappa shape index (κ1) is 7.76. The number of aliphatic hydroxyl groups excluding tert-OH is 1. The average Bonchev–Trinajstić information content (AvgIpc) is 2.42. The van der Waals surface area contributed by atoms with Crippen molar-refractivity contribution in [3.63, 3.8) is 0 Å². The summed E-state index contributed by atoms with van der Waals surface area (Å²) in [6.07, 6.45) is 0. The van der Waals surface area contributed by atoms with Crippen LogP contribution in [0.25, 0.3) is 0 Å². The van der Waals surface area contributed by atoms with Gasteiger partial charge in [-0.25, -0.2) is 0 Å². The minimum atomic E-state index is -0.705. The normalized spacial score (nSPS) is 17.8. The van der Waals surface area contributed by atoms with Crippen molar-refractivity contribution >= 4 is 24.0 Å². The van der Waals surface area contributed by atoms with Crippen molar-refractivity contribution in [1.29, 1.82) is 0 Å². The third-order valence-electron chi connectivity index (χ3n) is 1.84. The maximum Gasteiger partial charge on any atom is 0.178 e. The zero-order chi connectivity index (χ0) is 8.60. The largest absolute Gasteiger partial charge is 0.391 e. The molecule has 0 saturated heterocycles. The summed E-state index contributed by atoms with van der Waals surface area (Å²) in [6.45, 7) is -0.0647. The summed E-state index contributed by atoms with van der Waals surface area (Å²) in [4.78, 5) is -0.705. The Morgan fingerprint density at radius 1 is 1.25 bits per heavy atom. The maximum atomic E-state index is 9.00. The molecule has 4 heteroatoms. The van der Waals surface area contributed by atoms with E-state index in [1.165, 1.54) is 0 Å². The molecule has 0 spiro atoms. The molecule has 0 saturated carbocycles. The Hall–Kier alpha value is -0.870. The fourth-order valence-corrected chi connectivity index (χ4v) is 1.50. The molecule has 0 amide bonds. The van der Waals surface area contributed by atoms with Crippen molar-refractivity contribution in [3.8, 4) is 0 Å². The Labute approximate surface area is 76.2 Å². The van der Waals surface area contributed by atoms with E-state index >= 15 is 0 Å². The molecule has 0 atom stereocenters. The van der Waals surface area contributed by atoms with Gasteiger partial charge in [0.2, 0.25) is 0 Å². The summed E-state index contributed by atoms with van der Waals surface area (Å²) >= 11 is 4.25. The number of fused-ring (bicyclic) bond motifs is 1. The number of thiol groups is 1. The molecule has 0 bridgehead atoms. The van der Waals surface area contributed by atoms with Crippen LogP contribution in [-0.2, 0) is 0 Å². The summed E-state index contributed by atoms with van der Waals surface area (Å²) in [5.74, 6) is 0. The third kappa shape index (κ3) is 1.13. The van der Waals surface area contributed by atoms with Crippen molar-refractivity contribution in [2.45, 2.75) is 4.99 Å². The Balaban J connectivity index is 2.33. The first-order valence-electron chi connectivity index (χ1n) is 3.72. The van der Waals surface area contributed by atoms with Crippen LogP contribution in [-0.4, -0.2) is 16.7 Å². The van der Waals surface area contributed by atoms with Gasteiger partial charge in [0.15, 0.2) is 4.99 Å². The van der Waals surface area contributed by atoms with Crippen molar-refractivity contribution in [2.24, 2.45) is 0 Å². The van der Waals surface area contributed by atoms with E-state index < -0.39 is 4.99 Å². The van der Waals surface area contributed by atoms with Gasteiger partial charge < -0.3 is 15.7 Å². The maximum absolute atomic E-state index is 9.00. The van der Waals surface area contributed by atoms with Gasteiger partial charge in [-0.05, 0) is 12.1 Å². The predicted octanol–water partition coefficient (Wildman–Crippen LogP) is 1.10. The van der Waals surface area contributed by atoms with Gasteiger partial charge in [0.1, 0.15) is 0 Å². The SMILES string of the molecule is OCC1(S)Nc2ccccc2N1. The molecule has 64 valence electrons. The molecular formula is C8H10N2OS. The Bertz CT molecular complexity index is 278. The number of anilines is 2. The lowest BCUT2D eigenvalue weighted by Gasteiger charge is -2.21. The van der Waals surface area contributed by atoms with Crippen LogP contribution in [0.15, 0.2) is 24.3 Å². The van der Waals surface area contributed by atoms with Crippen LogP contribution in [0, 0.1) is 0 Å². The molecule has 0 aromatic heterocycles. The highest BCUT2D eigenvalue weighted by Crippen LogP contribution is 2.34. The predicted molar refractivity (Wildman–Crippen MR) is 52.5 cm³/mol. The van der Waals surface area contributed by atoms with Crippen LogP contribution >= 0.6 is 12.6 Å². The van der Waals surface area contributed by atoms with Gasteiger partial charge in [-0.1, -0.05) is 12.1 Å². The smallest absolute Gasteiger partial charge is 0.178 e. The van der Waals surface area contributed by atoms with Crippen LogP contribution in [0.4, 0.5) is 11.4 Å². The Morgan fingerprint density at radius 2 is 1.75 bits per heavy atom. The molecule has 0 fully saturated rings. The van der Waals surface area contributed by atoms with Crippen LogP contribution < -0.4 is 10.6 Å². The summed E-state index contributed by atoms with van der Waals surface area (Å²) in [7, 11) is 0. The summed E-state index contributed by atoms with van der Waals surface area (Å²) < 4.78 is 0. The second-order valence-corrected chi connectivity index (χ2v) is 3.58. The van der Waals surface area contributed by atoms with Crippen molar-refractivity contribution in [1.82, 2.24) is 0 Å². The van der Waals surface area contributed by atoms with Crippen molar-refractivity contribution < 1.29 is 5.11 Å². The molecule has 2 rings (SSSR count). The van der Waals surface area contributed by atoms with E-state index in [1.807, 2.05) is 24.3 Å². The van der Waals surface area contributed by atoms with E-state index in [0.717, 1.165) is 11.4 Å². The molecular weight excluding hydrogens is 172 g/mol. The molecule has 1 aliphatic rings. The lowest BCUT2D eigenvalue weighted by atomic mass is 10.3. The zero-order valence-electron chi connectivity index (χ0n) is 6.41. The highest BCUT2D eigenvalue weighted by atomic mass is 32.1. The Kier molecular flexibility index (Phi) is 1.66. The highest BCUT2D eigenvalue weighted by Gasteiger charge is 2.30. The van der Waals surface area contributed by atoms with Crippen LogP contribution in [0.2, 0.25) is 0 Å². The van der Waals surface area contributed by atoms with E-state index in [4.69, 9.17) is 5.11 Å². The van der Waals surface area contributed by atoms with E-state index in [2.05, 4.69) is 23.3 Å². The summed E-state index contributed by atoms with van der Waals surface area (Å²) in [5, 5.41) is 15.1. The van der Waals surface area contributed by atoms with E-state index in [9.17, 15) is 0 Å². The minimum Gasteiger partial charge on any atom is -0.391 e. The fraction of sp³-hybridized carbons (Fsp3) is 0.250. The number of para-hydroxylation sites is 2. The molecule has 3 N–H and O–H groups in total. The molecule has 12 heavy (non-hydrogen) atoms. The number of nitrogens with one attached hydrogen (secondary N) is 2. The van der Waals surface area contributed by atoms with Gasteiger partial charge in [0, 0.05) is 0 Å². The first-order chi connectivity index (χ1) is 5.73. The second kappa shape index (κ2) is 2.57. The lowest BCUT2D eigenvalue weighted by molar-refractivity contribution is 0.275. The third-order valence-corrected chi connectivity index (χ3v) is 2.20. The van der Waals surface area contributed by atoms with Gasteiger partial charge in [-0.2, -0.15) is 0 Å². The second-order valence-electron chi connectivity index (χ2n) is 2.81. The Morgan fingerprint density at radius 3 is 2.17 bits per heavy atom. The van der Waals surface area contributed by atoms with E-state index in [-0.39, 0.29) is 6.61 Å². The lowest BCUT2D eigenvalue weighted by Crippen LogP contribution is -2.39. The highest BCUT2D eigenvalue weighted by molar-refractivity contribution is 7.82. The van der Waals surface area contributed by atoms with Crippen molar-refractivity contribution in [2.75, 3.05) is 17.2 Å². The molecule has 1 aromatic carbocycles. The van der Waals surface area contributed by atoms with E-state index in [0.29, 0.717) is 0 Å².